The van der Waals surface area contributed by atoms with Gasteiger partial charge in [-0.3, -0.25) is 9.78 Å². The average Bonchev–Trinajstić information content (AvgIpc) is 2.80. The molecule has 3 aromatic rings. The lowest BCUT2D eigenvalue weighted by Gasteiger charge is -2.04. The summed E-state index contributed by atoms with van der Waals surface area (Å²) in [7, 11) is 1.50. The number of aryl methyl sites for hydroxylation is 1. The summed E-state index contributed by atoms with van der Waals surface area (Å²) in [6.07, 6.45) is 0. The molecule has 7 nitrogen and oxygen atoms in total. The molecule has 2 heterocycles. The highest BCUT2D eigenvalue weighted by Crippen LogP contribution is 2.23. The number of rotatable bonds is 1. The number of hydrogen-bond acceptors (Lipinski definition) is 5. The van der Waals surface area contributed by atoms with Crippen LogP contribution in [-0.4, -0.2) is 14.8 Å². The average molecular weight is 268 g/mol. The Morgan fingerprint density at radius 3 is 2.90 bits per heavy atom. The van der Waals surface area contributed by atoms with Crippen LogP contribution in [0.25, 0.3) is 22.4 Å². The first kappa shape index (κ1) is 11.9. The lowest BCUT2D eigenvalue weighted by molar-refractivity contribution is 0.555. The number of nitriles is 1. The molecule has 0 amide bonds. The van der Waals surface area contributed by atoms with E-state index in [1.54, 1.807) is 18.2 Å². The minimum absolute atomic E-state index is 0.172. The predicted molar refractivity (Wildman–Crippen MR) is 70.0 cm³/mol. The Morgan fingerprint density at radius 1 is 1.35 bits per heavy atom. The first-order chi connectivity index (χ1) is 9.58. The molecule has 20 heavy (non-hydrogen) atoms. The largest absolute Gasteiger partial charge is 0.417 e. The predicted octanol–water partition coefficient (Wildman–Crippen LogP) is 0.753. The zero-order valence-electron chi connectivity index (χ0n) is 10.4. The summed E-state index contributed by atoms with van der Waals surface area (Å²) >= 11 is 0. The molecular weight excluding hydrogens is 260 g/mol. The second-order valence-corrected chi connectivity index (χ2v) is 4.21. The molecule has 0 fully saturated rings. The fourth-order valence-electron chi connectivity index (χ4n) is 1.93. The van der Waals surface area contributed by atoms with E-state index in [9.17, 15) is 9.59 Å². The van der Waals surface area contributed by atoms with Crippen molar-refractivity contribution in [2.24, 2.45) is 7.05 Å². The molecule has 0 bridgehead atoms. The van der Waals surface area contributed by atoms with Crippen LogP contribution in [-0.2, 0) is 7.05 Å². The number of nitrogens with zero attached hydrogens (tertiary/aromatic N) is 3. The molecule has 0 spiro atoms. The molecule has 2 aromatic heterocycles. The molecule has 0 aliphatic rings. The monoisotopic (exact) mass is 268 g/mol. The zero-order valence-corrected chi connectivity index (χ0v) is 10.4. The number of fused-ring (bicyclic) bond motifs is 1. The van der Waals surface area contributed by atoms with Crippen molar-refractivity contribution in [2.45, 2.75) is 0 Å². The summed E-state index contributed by atoms with van der Waals surface area (Å²) in [6.45, 7) is 0. The molecule has 0 aliphatic heterocycles. The summed E-state index contributed by atoms with van der Waals surface area (Å²) < 4.78 is 6.11. The van der Waals surface area contributed by atoms with Gasteiger partial charge in [-0.1, -0.05) is 6.07 Å². The molecule has 1 aromatic carbocycles. The summed E-state index contributed by atoms with van der Waals surface area (Å²) in [5.41, 5.74) is 1.69. The number of oxazole rings is 1. The summed E-state index contributed by atoms with van der Waals surface area (Å²) in [5.74, 6) is -0.550. The number of nitrogens with one attached hydrogen (secondary N) is 1. The quantitative estimate of drug-likeness (QED) is 0.701. The molecule has 7 heteroatoms. The van der Waals surface area contributed by atoms with Gasteiger partial charge in [-0.25, -0.2) is 9.48 Å². The van der Waals surface area contributed by atoms with Gasteiger partial charge in [-0.05, 0) is 12.1 Å². The van der Waals surface area contributed by atoms with Crippen molar-refractivity contribution >= 4 is 11.1 Å². The normalized spacial score (nSPS) is 10.6. The minimum atomic E-state index is -0.550. The van der Waals surface area contributed by atoms with Crippen LogP contribution in [0.1, 0.15) is 5.56 Å². The van der Waals surface area contributed by atoms with Crippen LogP contribution in [0.3, 0.4) is 0 Å². The first-order valence-corrected chi connectivity index (χ1v) is 5.70. The van der Waals surface area contributed by atoms with Gasteiger partial charge in [0.05, 0.1) is 11.1 Å². The van der Waals surface area contributed by atoms with E-state index in [-0.39, 0.29) is 11.1 Å². The van der Waals surface area contributed by atoms with E-state index >= 15 is 0 Å². The van der Waals surface area contributed by atoms with Crippen molar-refractivity contribution in [3.8, 4) is 17.3 Å². The highest BCUT2D eigenvalue weighted by atomic mass is 16.4. The second-order valence-electron chi connectivity index (χ2n) is 4.21. The Kier molecular flexibility index (Phi) is 2.51. The molecule has 98 valence electrons. The standard InChI is InChI=1S/C13H8N4O3/c1-17-11(18)5-8(6-14)12(16-17)7-2-3-9-10(4-7)20-13(19)15-9/h2-5H,1H3,(H,15,19). The van der Waals surface area contributed by atoms with E-state index in [0.717, 1.165) is 4.68 Å². The molecule has 0 unspecified atom stereocenters. The number of hydrogen-bond donors (Lipinski definition) is 1. The van der Waals surface area contributed by atoms with E-state index in [2.05, 4.69) is 10.1 Å². The van der Waals surface area contributed by atoms with Crippen molar-refractivity contribution in [1.29, 1.82) is 5.26 Å². The van der Waals surface area contributed by atoms with E-state index < -0.39 is 5.76 Å². The number of aromatic amines is 1. The molecule has 1 N–H and O–H groups in total. The number of H-pyrrole nitrogens is 1. The third-order valence-electron chi connectivity index (χ3n) is 2.91. The molecule has 3 rings (SSSR count). The molecule has 0 radical (unpaired) electrons. The maximum Gasteiger partial charge on any atom is 0.417 e. The Morgan fingerprint density at radius 2 is 2.15 bits per heavy atom. The maximum atomic E-state index is 11.5. The second kappa shape index (κ2) is 4.20. The highest BCUT2D eigenvalue weighted by Gasteiger charge is 2.11. The summed E-state index contributed by atoms with van der Waals surface area (Å²) in [6, 6.07) is 8.11. The van der Waals surface area contributed by atoms with E-state index in [1.165, 1.54) is 13.1 Å². The van der Waals surface area contributed by atoms with E-state index in [0.29, 0.717) is 22.4 Å². The maximum absolute atomic E-state index is 11.5. The van der Waals surface area contributed by atoms with Crippen molar-refractivity contribution in [3.05, 3.63) is 50.7 Å². The fourth-order valence-corrected chi connectivity index (χ4v) is 1.93. The lowest BCUT2D eigenvalue weighted by Crippen LogP contribution is -2.20. The van der Waals surface area contributed by atoms with E-state index in [4.69, 9.17) is 9.68 Å². The van der Waals surface area contributed by atoms with Gasteiger partial charge >= 0.3 is 5.76 Å². The Bertz CT molecular complexity index is 972. The van der Waals surface area contributed by atoms with Crippen molar-refractivity contribution in [2.75, 3.05) is 0 Å². The van der Waals surface area contributed by atoms with Crippen LogP contribution in [0.5, 0.6) is 0 Å². The highest BCUT2D eigenvalue weighted by molar-refractivity contribution is 5.80. The molecule has 0 saturated heterocycles. The number of aromatic nitrogens is 3. The third kappa shape index (κ3) is 1.80. The summed E-state index contributed by atoms with van der Waals surface area (Å²) in [4.78, 5) is 25.1. The van der Waals surface area contributed by atoms with Crippen LogP contribution >= 0.6 is 0 Å². The van der Waals surface area contributed by atoms with Crippen molar-refractivity contribution in [1.82, 2.24) is 14.8 Å². The van der Waals surface area contributed by atoms with Gasteiger partial charge in [0.2, 0.25) is 0 Å². The van der Waals surface area contributed by atoms with Crippen LogP contribution in [0.4, 0.5) is 0 Å². The van der Waals surface area contributed by atoms with Gasteiger partial charge in [0.1, 0.15) is 11.8 Å². The lowest BCUT2D eigenvalue weighted by atomic mass is 10.1. The van der Waals surface area contributed by atoms with Gasteiger partial charge < -0.3 is 4.42 Å². The fraction of sp³-hybridized carbons (Fsp3) is 0.0769. The van der Waals surface area contributed by atoms with Crippen molar-refractivity contribution in [3.63, 3.8) is 0 Å². The SMILES string of the molecule is Cn1nc(-c2ccc3[nH]c(=O)oc3c2)c(C#N)cc1=O. The smallest absolute Gasteiger partial charge is 0.408 e. The van der Waals surface area contributed by atoms with Crippen LogP contribution in [0.2, 0.25) is 0 Å². The minimum Gasteiger partial charge on any atom is -0.408 e. The summed E-state index contributed by atoms with van der Waals surface area (Å²) in [5, 5.41) is 13.2. The zero-order chi connectivity index (χ0) is 14.3. The Hall–Kier alpha value is -3.14. The molecule has 0 atom stereocenters. The van der Waals surface area contributed by atoms with Gasteiger partial charge in [0.25, 0.3) is 5.56 Å². The van der Waals surface area contributed by atoms with E-state index in [1.807, 2.05) is 6.07 Å². The van der Waals surface area contributed by atoms with Gasteiger partial charge in [0.15, 0.2) is 5.58 Å². The molecule has 0 saturated carbocycles. The van der Waals surface area contributed by atoms with Gasteiger partial charge in [-0.2, -0.15) is 10.4 Å². The van der Waals surface area contributed by atoms with Gasteiger partial charge in [-0.15, -0.1) is 0 Å². The molecule has 0 aliphatic carbocycles. The molecular formula is C13H8N4O3. The van der Waals surface area contributed by atoms with Crippen molar-refractivity contribution < 1.29 is 4.42 Å². The third-order valence-corrected chi connectivity index (χ3v) is 2.91. The van der Waals surface area contributed by atoms with Gasteiger partial charge in [0, 0.05) is 18.7 Å². The van der Waals surface area contributed by atoms with Crippen LogP contribution in [0.15, 0.2) is 38.3 Å². The Labute approximate surface area is 111 Å². The first-order valence-electron chi connectivity index (χ1n) is 5.70. The Balaban J connectivity index is 2.30. The van der Waals surface area contributed by atoms with Crippen LogP contribution in [0, 0.1) is 11.3 Å². The van der Waals surface area contributed by atoms with Crippen LogP contribution < -0.4 is 11.3 Å². The topological polar surface area (TPSA) is 105 Å². The number of benzene rings is 1.